The van der Waals surface area contributed by atoms with Crippen molar-refractivity contribution in [2.75, 3.05) is 36.5 Å². The molecule has 0 spiro atoms. The molecule has 0 aliphatic carbocycles. The maximum Gasteiger partial charge on any atom is 0.407 e. The zero-order valence-electron chi connectivity index (χ0n) is 18.3. The predicted octanol–water partition coefficient (Wildman–Crippen LogP) is 2.90. The highest BCUT2D eigenvalue weighted by atomic mass is 19.1. The highest BCUT2D eigenvalue weighted by molar-refractivity contribution is 6.11. The van der Waals surface area contributed by atoms with Gasteiger partial charge in [0, 0.05) is 31.4 Å². The van der Waals surface area contributed by atoms with E-state index in [9.17, 15) is 24.2 Å². The fourth-order valence-corrected chi connectivity index (χ4v) is 4.91. The van der Waals surface area contributed by atoms with Crippen LogP contribution in [0.5, 0.6) is 5.75 Å². The first-order valence-electron chi connectivity index (χ1n) is 10.5. The van der Waals surface area contributed by atoms with Crippen LogP contribution in [0.25, 0.3) is 22.2 Å². The highest BCUT2D eigenvalue weighted by Crippen LogP contribution is 2.44. The van der Waals surface area contributed by atoms with Crippen molar-refractivity contribution in [3.63, 3.8) is 0 Å². The van der Waals surface area contributed by atoms with Gasteiger partial charge in [-0.15, -0.1) is 0 Å². The number of hydrogen-bond acceptors (Lipinski definition) is 6. The topological polar surface area (TPSA) is 110 Å². The molecule has 4 heterocycles. The van der Waals surface area contributed by atoms with Gasteiger partial charge < -0.3 is 24.9 Å². The van der Waals surface area contributed by atoms with Gasteiger partial charge in [-0.1, -0.05) is 6.07 Å². The van der Waals surface area contributed by atoms with Crippen LogP contribution in [0.3, 0.4) is 0 Å². The van der Waals surface area contributed by atoms with E-state index in [0.29, 0.717) is 45.8 Å². The first-order chi connectivity index (χ1) is 15.7. The molecule has 5 rings (SSSR count). The second-order valence-electron chi connectivity index (χ2n) is 8.36. The van der Waals surface area contributed by atoms with Gasteiger partial charge in [0.05, 0.1) is 35.2 Å². The fourth-order valence-electron chi connectivity index (χ4n) is 4.91. The quantitative estimate of drug-likeness (QED) is 0.585. The Hall–Kier alpha value is -3.95. The molecule has 2 aliphatic rings. The summed E-state index contributed by atoms with van der Waals surface area (Å²) in [6, 6.07) is 3.47. The average Bonchev–Trinajstić information content (AvgIpc) is 2.78. The number of piperazine rings is 1. The summed E-state index contributed by atoms with van der Waals surface area (Å²) in [6.07, 6.45) is 0.527. The molecule has 1 aromatic carbocycles. The predicted molar refractivity (Wildman–Crippen MR) is 120 cm³/mol. The van der Waals surface area contributed by atoms with Gasteiger partial charge in [0.15, 0.2) is 0 Å². The lowest BCUT2D eigenvalue weighted by atomic mass is 9.95. The van der Waals surface area contributed by atoms with Gasteiger partial charge in [0.2, 0.25) is 0 Å². The van der Waals surface area contributed by atoms with Crippen molar-refractivity contribution < 1.29 is 24.2 Å². The van der Waals surface area contributed by atoms with E-state index in [1.54, 1.807) is 27.1 Å². The Labute approximate surface area is 188 Å². The Morgan fingerprint density at radius 3 is 2.64 bits per heavy atom. The standard InChI is InChI=1S/C23H22FN5O4/c1-11-17(18-13(24)5-4-6-16(18)30)12(2)26-20-19(11)25-9-14-21(20)29-8-7-28(23(32)33)10-15(29)22(31)27(14)3/h4-6,9,15,30H,7-8,10H2,1-3H3,(H,32,33)/t15-/m1/s1. The summed E-state index contributed by atoms with van der Waals surface area (Å²) >= 11 is 0. The van der Waals surface area contributed by atoms with Gasteiger partial charge in [-0.2, -0.15) is 0 Å². The number of anilines is 2. The first kappa shape index (κ1) is 20.9. The van der Waals surface area contributed by atoms with E-state index in [2.05, 4.69) is 4.98 Å². The third kappa shape index (κ3) is 2.97. The number of phenols is 1. The molecule has 2 amide bonds. The Balaban J connectivity index is 1.75. The summed E-state index contributed by atoms with van der Waals surface area (Å²) in [7, 11) is 1.64. The Morgan fingerprint density at radius 1 is 1.18 bits per heavy atom. The molecule has 0 radical (unpaired) electrons. The monoisotopic (exact) mass is 451 g/mol. The number of carbonyl (C=O) groups is 2. The van der Waals surface area contributed by atoms with Gasteiger partial charge in [0.1, 0.15) is 23.1 Å². The summed E-state index contributed by atoms with van der Waals surface area (Å²) in [5, 5.41) is 19.8. The zero-order valence-corrected chi connectivity index (χ0v) is 18.3. The molecule has 170 valence electrons. The van der Waals surface area contributed by atoms with Crippen LogP contribution in [0, 0.1) is 19.7 Å². The van der Waals surface area contributed by atoms with Crippen LogP contribution in [-0.2, 0) is 4.79 Å². The van der Waals surface area contributed by atoms with Crippen molar-refractivity contribution in [1.29, 1.82) is 0 Å². The molecule has 33 heavy (non-hydrogen) atoms. The molecule has 0 bridgehead atoms. The molecule has 1 fully saturated rings. The molecule has 9 nitrogen and oxygen atoms in total. The van der Waals surface area contributed by atoms with E-state index in [1.165, 1.54) is 28.0 Å². The molecular weight excluding hydrogens is 429 g/mol. The smallest absolute Gasteiger partial charge is 0.407 e. The molecule has 1 atom stereocenters. The van der Waals surface area contributed by atoms with Crippen LogP contribution < -0.4 is 9.80 Å². The molecule has 10 heteroatoms. The summed E-state index contributed by atoms with van der Waals surface area (Å²) in [6.45, 7) is 4.18. The Morgan fingerprint density at radius 2 is 1.94 bits per heavy atom. The average molecular weight is 451 g/mol. The van der Waals surface area contributed by atoms with Crippen LogP contribution in [0.2, 0.25) is 0 Å². The van der Waals surface area contributed by atoms with Crippen LogP contribution >= 0.6 is 0 Å². The van der Waals surface area contributed by atoms with Gasteiger partial charge in [-0.3, -0.25) is 9.78 Å². The zero-order chi connectivity index (χ0) is 23.6. The number of likely N-dealkylation sites (N-methyl/N-ethyl adjacent to an activating group) is 1. The summed E-state index contributed by atoms with van der Waals surface area (Å²) in [5.41, 5.74) is 4.07. The minimum Gasteiger partial charge on any atom is -0.507 e. The second-order valence-corrected chi connectivity index (χ2v) is 8.36. The van der Waals surface area contributed by atoms with Gasteiger partial charge >= 0.3 is 6.09 Å². The van der Waals surface area contributed by atoms with Crippen molar-refractivity contribution in [2.24, 2.45) is 0 Å². The number of carboxylic acid groups (broad SMARTS) is 1. The van der Waals surface area contributed by atoms with Crippen LogP contribution in [0.15, 0.2) is 24.4 Å². The van der Waals surface area contributed by atoms with Gasteiger partial charge in [0.25, 0.3) is 5.91 Å². The van der Waals surface area contributed by atoms with E-state index in [0.717, 1.165) is 0 Å². The number of hydrogen-bond donors (Lipinski definition) is 2. The minimum atomic E-state index is -1.06. The molecule has 2 aliphatic heterocycles. The minimum absolute atomic E-state index is 0.0565. The van der Waals surface area contributed by atoms with Crippen molar-refractivity contribution >= 4 is 34.4 Å². The van der Waals surface area contributed by atoms with E-state index in [4.69, 9.17) is 4.98 Å². The Kier molecular flexibility index (Phi) is 4.62. The number of phenolic OH excluding ortho intramolecular Hbond substituents is 1. The number of carbonyl (C=O) groups excluding carboxylic acids is 1. The number of fused-ring (bicyclic) bond motifs is 5. The number of aryl methyl sites for hydroxylation is 2. The van der Waals surface area contributed by atoms with Gasteiger partial charge in [-0.05, 0) is 31.5 Å². The number of nitrogens with zero attached hydrogens (tertiary/aromatic N) is 5. The number of halogens is 1. The third-order valence-corrected chi connectivity index (χ3v) is 6.54. The lowest BCUT2D eigenvalue weighted by Crippen LogP contribution is -2.63. The van der Waals surface area contributed by atoms with Crippen molar-refractivity contribution in [3.05, 3.63) is 41.5 Å². The molecular formula is C23H22FN5O4. The molecule has 2 aromatic heterocycles. The number of aromatic hydroxyl groups is 1. The molecule has 0 saturated carbocycles. The van der Waals surface area contributed by atoms with Crippen molar-refractivity contribution in [1.82, 2.24) is 14.9 Å². The largest absolute Gasteiger partial charge is 0.507 e. The lowest BCUT2D eigenvalue weighted by Gasteiger charge is -2.46. The van der Waals surface area contributed by atoms with Crippen LogP contribution in [0.4, 0.5) is 20.6 Å². The van der Waals surface area contributed by atoms with E-state index >= 15 is 0 Å². The van der Waals surface area contributed by atoms with Gasteiger partial charge in [-0.25, -0.2) is 14.2 Å². The molecule has 3 aromatic rings. The highest BCUT2D eigenvalue weighted by Gasteiger charge is 2.43. The summed E-state index contributed by atoms with van der Waals surface area (Å²) in [5.74, 6) is -0.957. The number of pyridine rings is 2. The third-order valence-electron chi connectivity index (χ3n) is 6.54. The maximum atomic E-state index is 14.7. The second kappa shape index (κ2) is 7.29. The molecule has 0 unspecified atom stereocenters. The van der Waals surface area contributed by atoms with Crippen molar-refractivity contribution in [2.45, 2.75) is 19.9 Å². The van der Waals surface area contributed by atoms with Crippen LogP contribution in [0.1, 0.15) is 11.3 Å². The van der Waals surface area contributed by atoms with E-state index < -0.39 is 18.0 Å². The number of aromatic nitrogens is 2. The Bertz CT molecular complexity index is 1320. The number of benzene rings is 1. The first-order valence-corrected chi connectivity index (χ1v) is 10.5. The molecule has 1 saturated heterocycles. The van der Waals surface area contributed by atoms with E-state index in [1.807, 2.05) is 4.90 Å². The summed E-state index contributed by atoms with van der Waals surface area (Å²) < 4.78 is 14.7. The molecule has 2 N–H and O–H groups in total. The van der Waals surface area contributed by atoms with Crippen LogP contribution in [-0.4, -0.2) is 69.8 Å². The number of rotatable bonds is 1. The van der Waals surface area contributed by atoms with Crippen molar-refractivity contribution in [3.8, 4) is 16.9 Å². The van der Waals surface area contributed by atoms with E-state index in [-0.39, 0.29) is 30.3 Å². The summed E-state index contributed by atoms with van der Waals surface area (Å²) in [4.78, 5) is 38.5. The SMILES string of the molecule is Cc1nc2c3c(cnc2c(C)c1-c1c(O)cccc1F)N(C)C(=O)[C@H]1CN(C(=O)O)CCN31. The normalized spacial score (nSPS) is 17.9. The number of amides is 2. The fraction of sp³-hybridized carbons (Fsp3) is 0.304. The lowest BCUT2D eigenvalue weighted by molar-refractivity contribution is -0.120. The maximum absolute atomic E-state index is 14.7.